The molecule has 0 radical (unpaired) electrons. The molecule has 1 unspecified atom stereocenters. The van der Waals surface area contributed by atoms with Crippen LogP contribution in [0.1, 0.15) is 12.0 Å². The lowest BCUT2D eigenvalue weighted by Gasteiger charge is -2.33. The van der Waals surface area contributed by atoms with Crippen LogP contribution in [0.5, 0.6) is 5.75 Å². The van der Waals surface area contributed by atoms with E-state index >= 15 is 0 Å². The summed E-state index contributed by atoms with van der Waals surface area (Å²) in [4.78, 5) is 2.51. The summed E-state index contributed by atoms with van der Waals surface area (Å²) >= 11 is 0. The Hall–Kier alpha value is -1.10. The number of nitrogens with one attached hydrogen (secondary N) is 1. The van der Waals surface area contributed by atoms with Gasteiger partial charge in [0.1, 0.15) is 12.4 Å². The van der Waals surface area contributed by atoms with Gasteiger partial charge in [0.05, 0.1) is 6.61 Å². The second-order valence-corrected chi connectivity index (χ2v) is 6.00. The van der Waals surface area contributed by atoms with Crippen molar-refractivity contribution < 1.29 is 9.47 Å². The average molecular weight is 276 g/mol. The monoisotopic (exact) mass is 276 g/mol. The molecule has 4 heteroatoms. The molecule has 0 bridgehead atoms. The van der Waals surface area contributed by atoms with Gasteiger partial charge in [-0.15, -0.1) is 0 Å². The lowest BCUT2D eigenvalue weighted by atomic mass is 9.86. The van der Waals surface area contributed by atoms with Gasteiger partial charge in [0.25, 0.3) is 0 Å². The van der Waals surface area contributed by atoms with Crippen LogP contribution in [0.4, 0.5) is 0 Å². The predicted molar refractivity (Wildman–Crippen MR) is 79.0 cm³/mol. The number of rotatable bonds is 4. The highest BCUT2D eigenvalue weighted by Gasteiger charge is 2.36. The van der Waals surface area contributed by atoms with Gasteiger partial charge in [-0.25, -0.2) is 0 Å². The van der Waals surface area contributed by atoms with E-state index in [9.17, 15) is 0 Å². The van der Waals surface area contributed by atoms with Gasteiger partial charge in [0.15, 0.2) is 0 Å². The smallest absolute Gasteiger partial charge is 0.123 e. The number of ether oxygens (including phenoxy) is 2. The minimum atomic E-state index is 0.258. The largest absolute Gasteiger partial charge is 0.492 e. The summed E-state index contributed by atoms with van der Waals surface area (Å²) in [5, 5.41) is 3.34. The topological polar surface area (TPSA) is 33.7 Å². The molecule has 0 aliphatic carbocycles. The van der Waals surface area contributed by atoms with Crippen molar-refractivity contribution in [3.05, 3.63) is 29.8 Å². The van der Waals surface area contributed by atoms with Crippen molar-refractivity contribution in [2.45, 2.75) is 13.0 Å². The third-order valence-electron chi connectivity index (χ3n) is 4.33. The van der Waals surface area contributed by atoms with Crippen molar-refractivity contribution in [1.29, 1.82) is 0 Å². The molecule has 0 amide bonds. The van der Waals surface area contributed by atoms with E-state index < -0.39 is 0 Å². The maximum Gasteiger partial charge on any atom is 0.123 e. The van der Waals surface area contributed by atoms with Crippen molar-refractivity contribution in [3.63, 3.8) is 0 Å². The molecule has 1 N–H and O–H groups in total. The van der Waals surface area contributed by atoms with E-state index in [1.165, 1.54) is 5.56 Å². The van der Waals surface area contributed by atoms with Gasteiger partial charge in [-0.2, -0.15) is 0 Å². The quantitative estimate of drug-likeness (QED) is 0.904. The third kappa shape index (κ3) is 2.97. The molecular formula is C16H24N2O2. The maximum absolute atomic E-state index is 5.85. The highest BCUT2D eigenvalue weighted by molar-refractivity contribution is 5.33. The van der Waals surface area contributed by atoms with Gasteiger partial charge in [-0.3, -0.25) is 4.90 Å². The van der Waals surface area contributed by atoms with Crippen LogP contribution in [0.3, 0.4) is 0 Å². The lowest BCUT2D eigenvalue weighted by molar-refractivity contribution is 0.102. The van der Waals surface area contributed by atoms with Gasteiger partial charge in [0, 0.05) is 43.8 Å². The fourth-order valence-electron chi connectivity index (χ4n) is 3.33. The van der Waals surface area contributed by atoms with Crippen LogP contribution in [-0.2, 0) is 11.3 Å². The lowest BCUT2D eigenvalue weighted by Crippen LogP contribution is -2.44. The van der Waals surface area contributed by atoms with Gasteiger partial charge in [0.2, 0.25) is 0 Å². The number of hydrogen-bond acceptors (Lipinski definition) is 4. The van der Waals surface area contributed by atoms with Crippen LogP contribution >= 0.6 is 0 Å². The molecule has 0 spiro atoms. The first-order valence-corrected chi connectivity index (χ1v) is 7.47. The summed E-state index contributed by atoms with van der Waals surface area (Å²) in [6.07, 6.45) is 1.15. The van der Waals surface area contributed by atoms with E-state index in [2.05, 4.69) is 28.4 Å². The van der Waals surface area contributed by atoms with Crippen molar-refractivity contribution in [2.24, 2.45) is 5.41 Å². The van der Waals surface area contributed by atoms with Crippen LogP contribution in [0.25, 0.3) is 0 Å². The zero-order valence-electron chi connectivity index (χ0n) is 12.2. The molecule has 1 aromatic carbocycles. The Morgan fingerprint density at radius 2 is 2.20 bits per heavy atom. The Morgan fingerprint density at radius 3 is 3.00 bits per heavy atom. The number of nitrogens with zero attached hydrogens (tertiary/aromatic N) is 1. The minimum absolute atomic E-state index is 0.258. The predicted octanol–water partition coefficient (Wildman–Crippen LogP) is 1.51. The Labute approximate surface area is 121 Å². The first-order chi connectivity index (χ1) is 9.81. The van der Waals surface area contributed by atoms with E-state index in [0.29, 0.717) is 0 Å². The Kier molecular flexibility index (Phi) is 4.24. The Morgan fingerprint density at radius 1 is 1.30 bits per heavy atom. The molecule has 1 aromatic rings. The molecule has 0 saturated carbocycles. The maximum atomic E-state index is 5.85. The fourth-order valence-corrected chi connectivity index (χ4v) is 3.33. The van der Waals surface area contributed by atoms with E-state index in [1.807, 2.05) is 13.1 Å². The van der Waals surface area contributed by atoms with Crippen LogP contribution in [0, 0.1) is 5.41 Å². The van der Waals surface area contributed by atoms with Crippen LogP contribution in [-0.4, -0.2) is 51.4 Å². The third-order valence-corrected chi connectivity index (χ3v) is 4.33. The second kappa shape index (κ2) is 6.12. The minimum Gasteiger partial charge on any atom is -0.492 e. The molecule has 2 aliphatic rings. The van der Waals surface area contributed by atoms with Crippen molar-refractivity contribution in [1.82, 2.24) is 10.2 Å². The molecule has 1 fully saturated rings. The molecule has 20 heavy (non-hydrogen) atoms. The zero-order valence-corrected chi connectivity index (χ0v) is 12.2. The van der Waals surface area contributed by atoms with Gasteiger partial charge < -0.3 is 14.8 Å². The van der Waals surface area contributed by atoms with E-state index in [1.54, 1.807) is 0 Å². The number of hydrogen-bond donors (Lipinski definition) is 1. The number of fused-ring (bicyclic) bond motifs is 1. The average Bonchev–Trinajstić information content (AvgIpc) is 2.80. The summed E-state index contributed by atoms with van der Waals surface area (Å²) in [7, 11) is 2.03. The molecule has 110 valence electrons. The molecule has 2 aliphatic heterocycles. The summed E-state index contributed by atoms with van der Waals surface area (Å²) in [6, 6.07) is 8.37. The normalized spacial score (nSPS) is 26.9. The summed E-state index contributed by atoms with van der Waals surface area (Å²) in [5.74, 6) is 1.04. The fraction of sp³-hybridized carbons (Fsp3) is 0.625. The summed E-state index contributed by atoms with van der Waals surface area (Å²) in [5.41, 5.74) is 1.55. The SMILES string of the molecule is CNCC1(CN2CCOc3ccccc3C2)CCOC1. The van der Waals surface area contributed by atoms with Gasteiger partial charge >= 0.3 is 0 Å². The summed E-state index contributed by atoms with van der Waals surface area (Å²) < 4.78 is 11.5. The van der Waals surface area contributed by atoms with E-state index in [0.717, 1.165) is 58.2 Å². The van der Waals surface area contributed by atoms with Crippen LogP contribution < -0.4 is 10.1 Å². The molecule has 4 nitrogen and oxygen atoms in total. The summed E-state index contributed by atoms with van der Waals surface area (Å²) in [6.45, 7) is 6.59. The van der Waals surface area contributed by atoms with Gasteiger partial charge in [-0.05, 0) is 19.5 Å². The Balaban J connectivity index is 1.71. The van der Waals surface area contributed by atoms with Crippen molar-refractivity contribution >= 4 is 0 Å². The number of para-hydroxylation sites is 1. The first-order valence-electron chi connectivity index (χ1n) is 7.47. The van der Waals surface area contributed by atoms with E-state index in [4.69, 9.17) is 9.47 Å². The van der Waals surface area contributed by atoms with Gasteiger partial charge in [-0.1, -0.05) is 18.2 Å². The van der Waals surface area contributed by atoms with E-state index in [-0.39, 0.29) is 5.41 Å². The zero-order chi connectivity index (χ0) is 13.8. The highest BCUT2D eigenvalue weighted by atomic mass is 16.5. The van der Waals surface area contributed by atoms with Crippen molar-refractivity contribution in [2.75, 3.05) is 46.5 Å². The highest BCUT2D eigenvalue weighted by Crippen LogP contribution is 2.31. The molecule has 1 saturated heterocycles. The number of benzene rings is 1. The Bertz CT molecular complexity index is 444. The molecule has 2 heterocycles. The van der Waals surface area contributed by atoms with Crippen LogP contribution in [0.2, 0.25) is 0 Å². The van der Waals surface area contributed by atoms with Crippen LogP contribution in [0.15, 0.2) is 24.3 Å². The first kappa shape index (κ1) is 13.9. The molecule has 3 rings (SSSR count). The second-order valence-electron chi connectivity index (χ2n) is 6.00. The standard InChI is InChI=1S/C16H24N2O2/c1-17-11-16(6-8-19-13-16)12-18-7-9-20-15-5-3-2-4-14(15)10-18/h2-5,17H,6-13H2,1H3. The molecular weight excluding hydrogens is 252 g/mol. The molecule has 1 atom stereocenters. The molecule has 0 aromatic heterocycles. The van der Waals surface area contributed by atoms with Crippen molar-refractivity contribution in [3.8, 4) is 5.75 Å².